The third kappa shape index (κ3) is 4.03. The Labute approximate surface area is 105 Å². The van der Waals surface area contributed by atoms with Crippen LogP contribution >= 0.6 is 23.8 Å². The van der Waals surface area contributed by atoms with Crippen molar-refractivity contribution in [2.75, 3.05) is 11.9 Å². The number of nitrogens with one attached hydrogen (secondary N) is 1. The van der Waals surface area contributed by atoms with E-state index in [4.69, 9.17) is 34.9 Å². The molecule has 0 fully saturated rings. The Morgan fingerprint density at radius 2 is 2.12 bits per heavy atom. The van der Waals surface area contributed by atoms with Gasteiger partial charge >= 0.3 is 0 Å². The van der Waals surface area contributed by atoms with Gasteiger partial charge in [-0.25, -0.2) is 5.84 Å². The average Bonchev–Trinajstić information content (AvgIpc) is 2.29. The van der Waals surface area contributed by atoms with Gasteiger partial charge in [0.25, 0.3) is 0 Å². The second-order valence-corrected chi connectivity index (χ2v) is 3.86. The van der Waals surface area contributed by atoms with Gasteiger partial charge in [-0.1, -0.05) is 11.6 Å². The molecule has 0 bridgehead atoms. The van der Waals surface area contributed by atoms with Crippen molar-refractivity contribution in [2.24, 2.45) is 5.84 Å². The number of anilines is 1. The van der Waals surface area contributed by atoms with Crippen LogP contribution in [0.4, 0.5) is 5.69 Å². The highest BCUT2D eigenvalue weighted by atomic mass is 35.5. The second-order valence-electron chi connectivity index (χ2n) is 3.04. The number of benzene rings is 1. The van der Waals surface area contributed by atoms with Crippen LogP contribution in [0.1, 0.15) is 6.42 Å². The first-order valence-electron chi connectivity index (χ1n) is 4.59. The summed E-state index contributed by atoms with van der Waals surface area (Å²) in [4.78, 5) is 0. The van der Waals surface area contributed by atoms with Gasteiger partial charge in [-0.05, 0) is 36.5 Å². The van der Waals surface area contributed by atoms with Gasteiger partial charge in [0.1, 0.15) is 0 Å². The van der Waals surface area contributed by atoms with Crippen LogP contribution in [0.15, 0.2) is 24.3 Å². The van der Waals surface area contributed by atoms with E-state index < -0.39 is 0 Å². The summed E-state index contributed by atoms with van der Waals surface area (Å²) in [5.41, 5.74) is 0.807. The van der Waals surface area contributed by atoms with Gasteiger partial charge in [-0.2, -0.15) is 5.26 Å². The number of thiocarbonyl (C=S) groups is 1. The van der Waals surface area contributed by atoms with Crippen LogP contribution in [-0.2, 0) is 0 Å². The molecule has 0 heterocycles. The molecule has 0 aliphatic rings. The fourth-order valence-electron chi connectivity index (χ4n) is 1.00. The number of nitrogens with zero attached hydrogens (tertiary/aromatic N) is 2. The van der Waals surface area contributed by atoms with E-state index in [0.717, 1.165) is 5.69 Å². The molecule has 0 unspecified atom stereocenters. The zero-order valence-corrected chi connectivity index (χ0v) is 10.1. The van der Waals surface area contributed by atoms with Crippen molar-refractivity contribution in [2.45, 2.75) is 6.42 Å². The molecule has 0 aliphatic carbocycles. The highest BCUT2D eigenvalue weighted by molar-refractivity contribution is 7.80. The molecule has 84 valence electrons. The molecule has 0 aromatic heterocycles. The summed E-state index contributed by atoms with van der Waals surface area (Å²) >= 11 is 10.8. The number of hydrogen-bond donors (Lipinski definition) is 2. The zero-order valence-electron chi connectivity index (χ0n) is 8.48. The molecular formula is C10H11ClN4S. The molecular weight excluding hydrogens is 244 g/mol. The third-order valence-corrected chi connectivity index (χ3v) is 2.41. The highest BCUT2D eigenvalue weighted by Gasteiger charge is 2.04. The first-order chi connectivity index (χ1) is 7.63. The maximum Gasteiger partial charge on any atom is 0.187 e. The molecule has 0 spiro atoms. The van der Waals surface area contributed by atoms with Crippen LogP contribution in [0.2, 0.25) is 5.02 Å². The minimum Gasteiger partial charge on any atom is -0.332 e. The summed E-state index contributed by atoms with van der Waals surface area (Å²) in [6, 6.07) is 9.10. The Morgan fingerprint density at radius 3 is 2.69 bits per heavy atom. The summed E-state index contributed by atoms with van der Waals surface area (Å²) in [5.74, 6) is 5.63. The van der Waals surface area contributed by atoms with Crippen molar-refractivity contribution in [3.8, 4) is 6.07 Å². The van der Waals surface area contributed by atoms with Crippen LogP contribution < -0.4 is 11.2 Å². The van der Waals surface area contributed by atoms with Crippen LogP contribution in [-0.4, -0.2) is 16.7 Å². The van der Waals surface area contributed by atoms with Gasteiger partial charge < -0.3 is 5.32 Å². The zero-order chi connectivity index (χ0) is 12.0. The van der Waals surface area contributed by atoms with Gasteiger partial charge in [-0.15, -0.1) is 0 Å². The Bertz CT molecular complexity index is 398. The maximum atomic E-state index is 8.41. The predicted octanol–water partition coefficient (Wildman–Crippen LogP) is 2.13. The molecule has 0 radical (unpaired) electrons. The van der Waals surface area contributed by atoms with Crippen molar-refractivity contribution in [3.05, 3.63) is 29.3 Å². The molecule has 3 N–H and O–H groups in total. The molecule has 0 saturated heterocycles. The molecule has 0 saturated carbocycles. The normalized spacial score (nSPS) is 9.31. The maximum absolute atomic E-state index is 8.41. The smallest absolute Gasteiger partial charge is 0.187 e. The fourth-order valence-corrected chi connectivity index (χ4v) is 1.34. The van der Waals surface area contributed by atoms with Gasteiger partial charge in [0.15, 0.2) is 5.11 Å². The van der Waals surface area contributed by atoms with Gasteiger partial charge in [-0.3, -0.25) is 5.01 Å². The summed E-state index contributed by atoms with van der Waals surface area (Å²) < 4.78 is 0. The number of rotatable bonds is 3. The Kier molecular flexibility index (Phi) is 4.99. The van der Waals surface area contributed by atoms with Crippen molar-refractivity contribution in [1.29, 1.82) is 5.26 Å². The van der Waals surface area contributed by atoms with Crippen LogP contribution in [0.5, 0.6) is 0 Å². The third-order valence-electron chi connectivity index (χ3n) is 1.82. The quantitative estimate of drug-likeness (QED) is 0.491. The SMILES string of the molecule is N#CCCN(N)C(=S)Nc1ccc(Cl)cc1. The minimum atomic E-state index is 0.332. The fraction of sp³-hybridized carbons (Fsp3) is 0.200. The Hall–Kier alpha value is -1.35. The molecule has 6 heteroatoms. The van der Waals surface area contributed by atoms with Crippen LogP contribution in [0.25, 0.3) is 0 Å². The van der Waals surface area contributed by atoms with E-state index in [0.29, 0.717) is 23.1 Å². The van der Waals surface area contributed by atoms with E-state index in [2.05, 4.69) is 5.32 Å². The number of hydrazine groups is 1. The topological polar surface area (TPSA) is 65.1 Å². The van der Waals surface area contributed by atoms with E-state index in [1.807, 2.05) is 6.07 Å². The minimum absolute atomic E-state index is 0.332. The summed E-state index contributed by atoms with van der Waals surface area (Å²) in [5, 5.41) is 13.7. The van der Waals surface area contributed by atoms with Gasteiger partial charge in [0.05, 0.1) is 12.5 Å². The number of halogens is 1. The lowest BCUT2D eigenvalue weighted by Crippen LogP contribution is -2.40. The molecule has 16 heavy (non-hydrogen) atoms. The van der Waals surface area contributed by atoms with Gasteiger partial charge in [0.2, 0.25) is 0 Å². The number of hydrogen-bond acceptors (Lipinski definition) is 3. The van der Waals surface area contributed by atoms with Gasteiger partial charge in [0, 0.05) is 17.3 Å². The van der Waals surface area contributed by atoms with E-state index in [9.17, 15) is 0 Å². The van der Waals surface area contributed by atoms with Crippen LogP contribution in [0, 0.1) is 11.3 Å². The largest absolute Gasteiger partial charge is 0.332 e. The summed E-state index contributed by atoms with van der Waals surface area (Å²) in [6.45, 7) is 0.399. The van der Waals surface area contributed by atoms with Crippen molar-refractivity contribution in [1.82, 2.24) is 5.01 Å². The first-order valence-corrected chi connectivity index (χ1v) is 5.38. The van der Waals surface area contributed by atoms with E-state index in [1.165, 1.54) is 5.01 Å². The molecule has 1 rings (SSSR count). The molecule has 0 atom stereocenters. The molecule has 0 aliphatic heterocycles. The molecule has 1 aromatic carbocycles. The van der Waals surface area contributed by atoms with E-state index in [-0.39, 0.29) is 0 Å². The predicted molar refractivity (Wildman–Crippen MR) is 68.8 cm³/mol. The Morgan fingerprint density at radius 1 is 1.50 bits per heavy atom. The monoisotopic (exact) mass is 254 g/mol. The van der Waals surface area contributed by atoms with Crippen molar-refractivity contribution < 1.29 is 0 Å². The summed E-state index contributed by atoms with van der Waals surface area (Å²) in [7, 11) is 0. The van der Waals surface area contributed by atoms with Crippen molar-refractivity contribution >= 4 is 34.6 Å². The first kappa shape index (κ1) is 12.7. The second kappa shape index (κ2) is 6.28. The highest BCUT2D eigenvalue weighted by Crippen LogP contribution is 2.13. The number of nitriles is 1. The van der Waals surface area contributed by atoms with E-state index >= 15 is 0 Å². The lowest BCUT2D eigenvalue weighted by Gasteiger charge is -2.19. The average molecular weight is 255 g/mol. The van der Waals surface area contributed by atoms with E-state index in [1.54, 1.807) is 24.3 Å². The Balaban J connectivity index is 2.51. The standard InChI is InChI=1S/C10H11ClN4S/c11-8-2-4-9(5-3-8)14-10(16)15(13)7-1-6-12/h2-5H,1,7,13H2,(H,14,16). The summed E-state index contributed by atoms with van der Waals surface area (Å²) in [6.07, 6.45) is 0.332. The van der Waals surface area contributed by atoms with Crippen LogP contribution in [0.3, 0.4) is 0 Å². The lowest BCUT2D eigenvalue weighted by atomic mass is 10.3. The lowest BCUT2D eigenvalue weighted by molar-refractivity contribution is 0.457. The molecule has 0 amide bonds. The molecule has 1 aromatic rings. The van der Waals surface area contributed by atoms with Crippen molar-refractivity contribution in [3.63, 3.8) is 0 Å². The molecule has 4 nitrogen and oxygen atoms in total. The number of nitrogens with two attached hydrogens (primary N) is 1.